The van der Waals surface area contributed by atoms with Crippen LogP contribution in [0.1, 0.15) is 0 Å². The molecule has 0 aliphatic rings. The van der Waals surface area contributed by atoms with E-state index in [2.05, 4.69) is 13.2 Å². The number of nitrogens with zero attached hydrogens (tertiary/aromatic N) is 1. The lowest BCUT2D eigenvalue weighted by atomic mass is 10.5. The summed E-state index contributed by atoms with van der Waals surface area (Å²) in [6.45, 7) is 8.33. The molecule has 0 aromatic rings. The summed E-state index contributed by atoms with van der Waals surface area (Å²) in [6.07, 6.45) is 2.79. The second kappa shape index (κ2) is 3.89. The molecule has 0 aromatic carbocycles. The van der Waals surface area contributed by atoms with Crippen molar-refractivity contribution in [3.8, 4) is 0 Å². The Hall–Kier alpha value is -1.05. The van der Waals surface area contributed by atoms with Gasteiger partial charge in [-0.05, 0) is 6.08 Å². The Morgan fingerprint density at radius 1 is 1.56 bits per heavy atom. The first-order valence-electron chi connectivity index (χ1n) is 2.57. The molecule has 0 heterocycles. The second-order valence-corrected chi connectivity index (χ2v) is 1.54. The molecule has 49 valence electrons. The molecule has 2 heteroatoms. The monoisotopic (exact) mass is 124 g/mol. The van der Waals surface area contributed by atoms with Gasteiger partial charge in [-0.3, -0.25) is 4.79 Å². The minimum Gasteiger partial charge on any atom is -0.333 e. The predicted molar refractivity (Wildman–Crippen MR) is 37.5 cm³/mol. The van der Waals surface area contributed by atoms with E-state index in [1.165, 1.54) is 11.0 Å². The molecule has 0 fully saturated rings. The Bertz CT molecular complexity index is 129. The summed E-state index contributed by atoms with van der Waals surface area (Å²) in [6, 6.07) is 0. The minimum atomic E-state index is -0.130. The minimum absolute atomic E-state index is 0.130. The fourth-order valence-electron chi connectivity index (χ4n) is 0.376. The van der Waals surface area contributed by atoms with Crippen molar-refractivity contribution in [2.45, 2.75) is 0 Å². The SMILES string of the molecule is C=C[CH]N(C)C(=O)C=C. The quantitative estimate of drug-likeness (QED) is 0.513. The standard InChI is InChI=1S/C7H10NO/c1-4-6-8(3)7(9)5-2/h4-6H,1-2H2,3H3. The lowest BCUT2D eigenvalue weighted by Gasteiger charge is -2.09. The first kappa shape index (κ1) is 7.95. The third-order valence-corrected chi connectivity index (χ3v) is 0.851. The Morgan fingerprint density at radius 3 is 2.44 bits per heavy atom. The van der Waals surface area contributed by atoms with Gasteiger partial charge >= 0.3 is 0 Å². The number of hydrogen-bond donors (Lipinski definition) is 0. The average molecular weight is 124 g/mol. The zero-order valence-electron chi connectivity index (χ0n) is 5.50. The molecule has 1 radical (unpaired) electrons. The topological polar surface area (TPSA) is 20.3 Å². The van der Waals surface area contributed by atoms with Crippen molar-refractivity contribution in [3.63, 3.8) is 0 Å². The lowest BCUT2D eigenvalue weighted by Crippen LogP contribution is -2.20. The van der Waals surface area contributed by atoms with Gasteiger partial charge in [0.2, 0.25) is 5.91 Å². The van der Waals surface area contributed by atoms with Gasteiger partial charge in [-0.1, -0.05) is 12.7 Å². The van der Waals surface area contributed by atoms with Crippen LogP contribution < -0.4 is 0 Å². The lowest BCUT2D eigenvalue weighted by molar-refractivity contribution is -0.123. The molecule has 0 saturated carbocycles. The molecule has 0 aromatic heterocycles. The van der Waals surface area contributed by atoms with Crippen molar-refractivity contribution >= 4 is 5.91 Å². The van der Waals surface area contributed by atoms with Crippen LogP contribution in [0.25, 0.3) is 0 Å². The maximum absolute atomic E-state index is 10.6. The number of likely N-dealkylation sites (N-methyl/N-ethyl adjacent to an activating group) is 1. The van der Waals surface area contributed by atoms with Gasteiger partial charge < -0.3 is 4.90 Å². The molecule has 0 spiro atoms. The van der Waals surface area contributed by atoms with Crippen LogP contribution in [0.2, 0.25) is 0 Å². The van der Waals surface area contributed by atoms with Crippen LogP contribution in [-0.4, -0.2) is 17.9 Å². The van der Waals surface area contributed by atoms with E-state index in [4.69, 9.17) is 0 Å². The molecule has 0 aliphatic carbocycles. The molecule has 0 bridgehead atoms. The molecule has 9 heavy (non-hydrogen) atoms. The fourth-order valence-corrected chi connectivity index (χ4v) is 0.376. The normalized spacial score (nSPS) is 8.11. The van der Waals surface area contributed by atoms with Gasteiger partial charge in [0.05, 0.1) is 6.54 Å². The van der Waals surface area contributed by atoms with Gasteiger partial charge in [-0.25, -0.2) is 0 Å². The Labute approximate surface area is 55.5 Å². The van der Waals surface area contributed by atoms with Gasteiger partial charge in [0, 0.05) is 7.05 Å². The average Bonchev–Trinajstić information content (AvgIpc) is 1.87. The van der Waals surface area contributed by atoms with E-state index in [-0.39, 0.29) is 5.91 Å². The molecule has 0 rings (SSSR count). The largest absolute Gasteiger partial charge is 0.333 e. The summed E-state index contributed by atoms with van der Waals surface area (Å²) in [4.78, 5) is 12.0. The maximum atomic E-state index is 10.6. The van der Waals surface area contributed by atoms with Crippen LogP contribution in [0.3, 0.4) is 0 Å². The molecule has 0 N–H and O–H groups in total. The molecular weight excluding hydrogens is 114 g/mol. The van der Waals surface area contributed by atoms with Crippen molar-refractivity contribution < 1.29 is 4.79 Å². The van der Waals surface area contributed by atoms with E-state index in [1.807, 2.05) is 0 Å². The second-order valence-electron chi connectivity index (χ2n) is 1.54. The highest BCUT2D eigenvalue weighted by Crippen LogP contribution is 1.89. The van der Waals surface area contributed by atoms with Crippen LogP contribution in [-0.2, 0) is 4.79 Å². The van der Waals surface area contributed by atoms with E-state index in [1.54, 1.807) is 19.7 Å². The van der Waals surface area contributed by atoms with Crippen molar-refractivity contribution in [1.82, 2.24) is 4.90 Å². The van der Waals surface area contributed by atoms with Gasteiger partial charge in [0.1, 0.15) is 0 Å². The molecule has 0 aliphatic heterocycles. The van der Waals surface area contributed by atoms with Crippen molar-refractivity contribution in [3.05, 3.63) is 31.9 Å². The van der Waals surface area contributed by atoms with E-state index in [0.717, 1.165) is 0 Å². The number of hydrogen-bond acceptors (Lipinski definition) is 1. The molecule has 2 nitrogen and oxygen atoms in total. The van der Waals surface area contributed by atoms with Crippen LogP contribution >= 0.6 is 0 Å². The Kier molecular flexibility index (Phi) is 3.44. The number of amides is 1. The van der Waals surface area contributed by atoms with E-state index < -0.39 is 0 Å². The highest BCUT2D eigenvalue weighted by molar-refractivity contribution is 5.87. The van der Waals surface area contributed by atoms with E-state index in [0.29, 0.717) is 0 Å². The summed E-state index contributed by atoms with van der Waals surface area (Å²) < 4.78 is 0. The Balaban J connectivity index is 3.71. The predicted octanol–water partition coefficient (Wildman–Crippen LogP) is 0.979. The molecule has 0 atom stereocenters. The van der Waals surface area contributed by atoms with Crippen LogP contribution in [0.4, 0.5) is 0 Å². The van der Waals surface area contributed by atoms with Gasteiger partial charge in [0.25, 0.3) is 0 Å². The highest BCUT2D eigenvalue weighted by atomic mass is 16.2. The van der Waals surface area contributed by atoms with E-state index in [9.17, 15) is 4.79 Å². The third-order valence-electron chi connectivity index (χ3n) is 0.851. The van der Waals surface area contributed by atoms with Crippen LogP contribution in [0, 0.1) is 6.54 Å². The van der Waals surface area contributed by atoms with Crippen LogP contribution in [0.15, 0.2) is 25.3 Å². The van der Waals surface area contributed by atoms with Crippen molar-refractivity contribution in [1.29, 1.82) is 0 Å². The smallest absolute Gasteiger partial charge is 0.246 e. The summed E-state index contributed by atoms with van der Waals surface area (Å²) in [7, 11) is 1.64. The van der Waals surface area contributed by atoms with Crippen molar-refractivity contribution in [2.75, 3.05) is 7.05 Å². The van der Waals surface area contributed by atoms with Gasteiger partial charge in [-0.15, -0.1) is 6.58 Å². The van der Waals surface area contributed by atoms with Gasteiger partial charge in [-0.2, -0.15) is 0 Å². The molecule has 0 saturated heterocycles. The molecule has 0 unspecified atom stereocenters. The zero-order valence-corrected chi connectivity index (χ0v) is 5.50. The van der Waals surface area contributed by atoms with Crippen molar-refractivity contribution in [2.24, 2.45) is 0 Å². The number of rotatable bonds is 3. The highest BCUT2D eigenvalue weighted by Gasteiger charge is 1.98. The number of carbonyl (C=O) groups excluding carboxylic acids is 1. The first-order chi connectivity index (χ1) is 4.22. The summed E-state index contributed by atoms with van der Waals surface area (Å²) in [5.74, 6) is -0.130. The van der Waals surface area contributed by atoms with Crippen LogP contribution in [0.5, 0.6) is 0 Å². The molecular formula is C7H10NO. The van der Waals surface area contributed by atoms with E-state index >= 15 is 0 Å². The summed E-state index contributed by atoms with van der Waals surface area (Å²) >= 11 is 0. The maximum Gasteiger partial charge on any atom is 0.246 e. The summed E-state index contributed by atoms with van der Waals surface area (Å²) in [5.41, 5.74) is 0. The van der Waals surface area contributed by atoms with Gasteiger partial charge in [0.15, 0.2) is 0 Å². The fraction of sp³-hybridized carbons (Fsp3) is 0.143. The number of carbonyl (C=O) groups is 1. The zero-order chi connectivity index (χ0) is 7.28. The first-order valence-corrected chi connectivity index (χ1v) is 2.57. The summed E-state index contributed by atoms with van der Waals surface area (Å²) in [5, 5.41) is 0. The Morgan fingerprint density at radius 2 is 2.11 bits per heavy atom. The molecule has 1 amide bonds. The third kappa shape index (κ3) is 2.69.